The van der Waals surface area contributed by atoms with Crippen molar-refractivity contribution in [2.45, 2.75) is 57.9 Å². The highest BCUT2D eigenvalue weighted by Gasteiger charge is 2.14. The molecule has 18 heavy (non-hydrogen) atoms. The lowest BCUT2D eigenvalue weighted by Gasteiger charge is -2.10. The SMILES string of the molecule is c1cc2c(cc1CNCCC1CCCC1)CCC2. The third-order valence-electron chi connectivity index (χ3n) is 4.70. The van der Waals surface area contributed by atoms with Crippen LogP contribution in [0.4, 0.5) is 0 Å². The zero-order valence-electron chi connectivity index (χ0n) is 11.4. The van der Waals surface area contributed by atoms with E-state index in [1.54, 1.807) is 11.1 Å². The summed E-state index contributed by atoms with van der Waals surface area (Å²) in [6.45, 7) is 2.25. The fourth-order valence-electron chi connectivity index (χ4n) is 3.57. The van der Waals surface area contributed by atoms with Gasteiger partial charge < -0.3 is 5.32 Å². The van der Waals surface area contributed by atoms with Gasteiger partial charge in [-0.3, -0.25) is 0 Å². The smallest absolute Gasteiger partial charge is 0.0205 e. The molecule has 0 aliphatic heterocycles. The standard InChI is InChI=1S/C17H25N/c1-2-5-14(4-1)10-11-18-13-15-8-9-16-6-3-7-17(16)12-15/h8-9,12,14,18H,1-7,10-11,13H2. The Labute approximate surface area is 111 Å². The van der Waals surface area contributed by atoms with Crippen molar-refractivity contribution in [2.24, 2.45) is 5.92 Å². The maximum atomic E-state index is 3.62. The van der Waals surface area contributed by atoms with Crippen molar-refractivity contribution in [1.82, 2.24) is 5.32 Å². The van der Waals surface area contributed by atoms with E-state index >= 15 is 0 Å². The number of rotatable bonds is 5. The first-order valence-electron chi connectivity index (χ1n) is 7.73. The number of nitrogens with one attached hydrogen (secondary N) is 1. The molecule has 98 valence electrons. The lowest BCUT2D eigenvalue weighted by atomic mass is 10.0. The van der Waals surface area contributed by atoms with E-state index in [0.29, 0.717) is 0 Å². The summed E-state index contributed by atoms with van der Waals surface area (Å²) in [4.78, 5) is 0. The Morgan fingerprint density at radius 3 is 2.72 bits per heavy atom. The first kappa shape index (κ1) is 12.2. The van der Waals surface area contributed by atoms with E-state index < -0.39 is 0 Å². The summed E-state index contributed by atoms with van der Waals surface area (Å²) in [6.07, 6.45) is 11.2. The van der Waals surface area contributed by atoms with Crippen LogP contribution in [0.5, 0.6) is 0 Å². The molecule has 1 aromatic carbocycles. The van der Waals surface area contributed by atoms with Crippen molar-refractivity contribution < 1.29 is 0 Å². The minimum Gasteiger partial charge on any atom is -0.313 e. The summed E-state index contributed by atoms with van der Waals surface area (Å²) in [5.41, 5.74) is 4.66. The quantitative estimate of drug-likeness (QED) is 0.775. The normalized spacial score (nSPS) is 19.3. The summed E-state index contributed by atoms with van der Waals surface area (Å²) >= 11 is 0. The van der Waals surface area contributed by atoms with Gasteiger partial charge in [0.1, 0.15) is 0 Å². The highest BCUT2D eigenvalue weighted by Crippen LogP contribution is 2.27. The first-order valence-corrected chi connectivity index (χ1v) is 7.73. The predicted molar refractivity (Wildman–Crippen MR) is 76.7 cm³/mol. The van der Waals surface area contributed by atoms with Gasteiger partial charge in [0, 0.05) is 6.54 Å². The van der Waals surface area contributed by atoms with Crippen molar-refractivity contribution in [3.05, 3.63) is 34.9 Å². The number of benzene rings is 1. The van der Waals surface area contributed by atoms with Gasteiger partial charge in [0.2, 0.25) is 0 Å². The number of fused-ring (bicyclic) bond motifs is 1. The van der Waals surface area contributed by atoms with Gasteiger partial charge in [-0.1, -0.05) is 43.9 Å². The lowest BCUT2D eigenvalue weighted by Crippen LogP contribution is -2.17. The lowest BCUT2D eigenvalue weighted by molar-refractivity contribution is 0.477. The molecule has 0 heterocycles. The average Bonchev–Trinajstić information content (AvgIpc) is 3.05. The molecule has 1 aromatic rings. The summed E-state index contributed by atoms with van der Waals surface area (Å²) in [5.74, 6) is 1.01. The number of aryl methyl sites for hydroxylation is 2. The van der Waals surface area contributed by atoms with E-state index in [4.69, 9.17) is 0 Å². The first-order chi connectivity index (χ1) is 8.92. The van der Waals surface area contributed by atoms with E-state index in [1.807, 2.05) is 0 Å². The Morgan fingerprint density at radius 1 is 1.00 bits per heavy atom. The molecule has 1 N–H and O–H groups in total. The predicted octanol–water partition coefficient (Wildman–Crippen LogP) is 3.85. The molecular weight excluding hydrogens is 218 g/mol. The number of hydrogen-bond acceptors (Lipinski definition) is 1. The second kappa shape index (κ2) is 5.88. The van der Waals surface area contributed by atoms with E-state index in [9.17, 15) is 0 Å². The van der Waals surface area contributed by atoms with Crippen molar-refractivity contribution >= 4 is 0 Å². The molecule has 1 nitrogen and oxygen atoms in total. The summed E-state index contributed by atoms with van der Waals surface area (Å²) < 4.78 is 0. The van der Waals surface area contributed by atoms with Gasteiger partial charge in [-0.05, 0) is 54.8 Å². The van der Waals surface area contributed by atoms with Gasteiger partial charge in [-0.25, -0.2) is 0 Å². The van der Waals surface area contributed by atoms with E-state index in [0.717, 1.165) is 12.5 Å². The maximum Gasteiger partial charge on any atom is 0.0205 e. The Bertz CT molecular complexity index is 391. The molecule has 0 aromatic heterocycles. The fraction of sp³-hybridized carbons (Fsp3) is 0.647. The zero-order chi connectivity index (χ0) is 12.2. The maximum absolute atomic E-state index is 3.62. The van der Waals surface area contributed by atoms with Gasteiger partial charge >= 0.3 is 0 Å². The molecule has 0 saturated heterocycles. The Morgan fingerprint density at radius 2 is 1.83 bits per heavy atom. The van der Waals surface area contributed by atoms with Crippen molar-refractivity contribution in [3.63, 3.8) is 0 Å². The van der Waals surface area contributed by atoms with E-state index in [2.05, 4.69) is 23.5 Å². The summed E-state index contributed by atoms with van der Waals surface area (Å²) in [5, 5.41) is 3.62. The third kappa shape index (κ3) is 2.95. The average molecular weight is 243 g/mol. The monoisotopic (exact) mass is 243 g/mol. The van der Waals surface area contributed by atoms with Crippen LogP contribution in [0.1, 0.15) is 55.2 Å². The van der Waals surface area contributed by atoms with Crippen LogP contribution in [-0.4, -0.2) is 6.54 Å². The van der Waals surface area contributed by atoms with Crippen LogP contribution in [0.15, 0.2) is 18.2 Å². The topological polar surface area (TPSA) is 12.0 Å². The largest absolute Gasteiger partial charge is 0.313 e. The molecule has 2 aliphatic carbocycles. The third-order valence-corrected chi connectivity index (χ3v) is 4.70. The molecule has 0 unspecified atom stereocenters. The second-order valence-electron chi connectivity index (χ2n) is 6.07. The van der Waals surface area contributed by atoms with Crippen LogP contribution in [0.3, 0.4) is 0 Å². The van der Waals surface area contributed by atoms with Crippen molar-refractivity contribution in [3.8, 4) is 0 Å². The molecule has 2 aliphatic rings. The summed E-state index contributed by atoms with van der Waals surface area (Å²) in [6, 6.07) is 7.08. The van der Waals surface area contributed by atoms with Gasteiger partial charge in [-0.2, -0.15) is 0 Å². The second-order valence-corrected chi connectivity index (χ2v) is 6.07. The van der Waals surface area contributed by atoms with Crippen LogP contribution in [0.25, 0.3) is 0 Å². The molecular formula is C17H25N. The molecule has 0 radical (unpaired) electrons. The molecule has 3 rings (SSSR count). The van der Waals surface area contributed by atoms with Crippen molar-refractivity contribution in [2.75, 3.05) is 6.54 Å². The molecule has 1 heteroatoms. The zero-order valence-corrected chi connectivity index (χ0v) is 11.4. The molecule has 1 saturated carbocycles. The van der Waals surface area contributed by atoms with Crippen LogP contribution >= 0.6 is 0 Å². The molecule has 0 atom stereocenters. The van der Waals surface area contributed by atoms with Crippen LogP contribution < -0.4 is 5.32 Å². The minimum atomic E-state index is 1.01. The van der Waals surface area contributed by atoms with Gasteiger partial charge in [0.25, 0.3) is 0 Å². The number of hydrogen-bond donors (Lipinski definition) is 1. The van der Waals surface area contributed by atoms with Crippen LogP contribution in [0.2, 0.25) is 0 Å². The Kier molecular flexibility index (Phi) is 3.99. The van der Waals surface area contributed by atoms with Gasteiger partial charge in [-0.15, -0.1) is 0 Å². The Hall–Kier alpha value is -0.820. The Balaban J connectivity index is 1.42. The highest BCUT2D eigenvalue weighted by molar-refractivity contribution is 5.35. The molecule has 1 fully saturated rings. The molecule has 0 bridgehead atoms. The fourth-order valence-corrected chi connectivity index (χ4v) is 3.57. The van der Waals surface area contributed by atoms with E-state index in [-0.39, 0.29) is 0 Å². The highest BCUT2D eigenvalue weighted by atomic mass is 14.8. The van der Waals surface area contributed by atoms with Gasteiger partial charge in [0.05, 0.1) is 0 Å². The van der Waals surface area contributed by atoms with Gasteiger partial charge in [0.15, 0.2) is 0 Å². The van der Waals surface area contributed by atoms with Crippen molar-refractivity contribution in [1.29, 1.82) is 0 Å². The van der Waals surface area contributed by atoms with E-state index in [1.165, 1.54) is 63.5 Å². The molecule has 0 amide bonds. The van der Waals surface area contributed by atoms with Crippen LogP contribution in [0, 0.1) is 5.92 Å². The van der Waals surface area contributed by atoms with Crippen LogP contribution in [-0.2, 0) is 19.4 Å². The molecule has 0 spiro atoms. The summed E-state index contributed by atoms with van der Waals surface area (Å²) in [7, 11) is 0. The minimum absolute atomic E-state index is 1.01.